The van der Waals surface area contributed by atoms with Crippen LogP contribution in [0.3, 0.4) is 0 Å². The Bertz CT molecular complexity index is 324. The van der Waals surface area contributed by atoms with Crippen LogP contribution in [0.15, 0.2) is 47.6 Å². The van der Waals surface area contributed by atoms with Gasteiger partial charge in [0.1, 0.15) is 0 Å². The summed E-state index contributed by atoms with van der Waals surface area (Å²) in [5, 5.41) is 0. The fraction of sp³-hybridized carbons (Fsp3) is 0. The minimum atomic E-state index is 1.16. The van der Waals surface area contributed by atoms with Crippen molar-refractivity contribution in [2.45, 2.75) is 0 Å². The molecule has 0 bridgehead atoms. The van der Waals surface area contributed by atoms with Gasteiger partial charge in [-0.25, -0.2) is 0 Å². The van der Waals surface area contributed by atoms with Crippen LogP contribution in [0.4, 0.5) is 0 Å². The van der Waals surface area contributed by atoms with Crippen LogP contribution in [0.2, 0.25) is 0 Å². The van der Waals surface area contributed by atoms with Crippen molar-refractivity contribution in [3.05, 3.63) is 53.7 Å². The van der Waals surface area contributed by atoms with Crippen LogP contribution in [0, 0.1) is 0 Å². The Morgan fingerprint density at radius 2 is 1.75 bits per heavy atom. The minimum absolute atomic E-state index is 1.16. The van der Waals surface area contributed by atoms with Gasteiger partial charge < -0.3 is 0 Å². The molecule has 0 saturated heterocycles. The molecular formula is C11H9N. The first-order valence-corrected chi connectivity index (χ1v) is 3.92. The van der Waals surface area contributed by atoms with Gasteiger partial charge in [-0.05, 0) is 17.2 Å². The highest BCUT2D eigenvalue weighted by Crippen LogP contribution is 2.09. The lowest BCUT2D eigenvalue weighted by Crippen LogP contribution is -1.86. The molecule has 0 atom stereocenters. The van der Waals surface area contributed by atoms with Crippen LogP contribution in [-0.2, 0) is 0 Å². The van der Waals surface area contributed by atoms with E-state index in [0.29, 0.717) is 0 Å². The number of benzene rings is 1. The molecule has 1 nitrogen and oxygen atoms in total. The molecule has 0 radical (unpaired) electrons. The van der Waals surface area contributed by atoms with Gasteiger partial charge in [-0.15, -0.1) is 0 Å². The summed E-state index contributed by atoms with van der Waals surface area (Å²) in [7, 11) is 0. The minimum Gasteiger partial charge on any atom is -0.264 e. The number of nitrogens with zero attached hydrogens (tertiary/aromatic N) is 1. The van der Waals surface area contributed by atoms with E-state index in [1.54, 1.807) is 6.20 Å². The summed E-state index contributed by atoms with van der Waals surface area (Å²) < 4.78 is 0. The van der Waals surface area contributed by atoms with Crippen molar-refractivity contribution in [1.29, 1.82) is 0 Å². The number of aliphatic imine (C=N–C) groups is 1. The van der Waals surface area contributed by atoms with Crippen molar-refractivity contribution >= 4 is 12.3 Å². The van der Waals surface area contributed by atoms with E-state index >= 15 is 0 Å². The standard InChI is InChI=1S/C11H9N/c1-2-7-11-9-12-8-4-3-6-10(11)5-1/h1-9H/b4-3?,6-3-,8-4-,10-6?,11-9?,12-8?,12-9-. The number of allylic oxidation sites excluding steroid dienone is 2. The monoisotopic (exact) mass is 155 g/mol. The zero-order valence-corrected chi connectivity index (χ0v) is 6.64. The molecule has 0 unspecified atom stereocenters. The van der Waals surface area contributed by atoms with E-state index in [1.165, 1.54) is 5.56 Å². The maximum Gasteiger partial charge on any atom is 0.0346 e. The lowest BCUT2D eigenvalue weighted by atomic mass is 10.1. The first kappa shape index (κ1) is 7.04. The molecule has 12 heavy (non-hydrogen) atoms. The van der Waals surface area contributed by atoms with Crippen molar-refractivity contribution in [3.8, 4) is 0 Å². The molecule has 0 spiro atoms. The second kappa shape index (κ2) is 3.18. The molecule has 0 fully saturated rings. The van der Waals surface area contributed by atoms with Crippen LogP contribution in [-0.4, -0.2) is 6.21 Å². The van der Waals surface area contributed by atoms with E-state index in [-0.39, 0.29) is 0 Å². The van der Waals surface area contributed by atoms with Gasteiger partial charge >= 0.3 is 0 Å². The molecule has 1 aromatic carbocycles. The Kier molecular flexibility index (Phi) is 1.87. The average molecular weight is 155 g/mol. The van der Waals surface area contributed by atoms with Crippen molar-refractivity contribution in [3.63, 3.8) is 0 Å². The van der Waals surface area contributed by atoms with E-state index in [9.17, 15) is 0 Å². The predicted molar refractivity (Wildman–Crippen MR) is 52.2 cm³/mol. The molecule has 58 valence electrons. The maximum atomic E-state index is 4.12. The maximum absolute atomic E-state index is 4.12. The Morgan fingerprint density at radius 1 is 0.917 bits per heavy atom. The summed E-state index contributed by atoms with van der Waals surface area (Å²) in [4.78, 5) is 4.12. The van der Waals surface area contributed by atoms with Crippen molar-refractivity contribution in [2.24, 2.45) is 4.99 Å². The summed E-state index contributed by atoms with van der Waals surface area (Å²) in [6.07, 6.45) is 9.65. The first-order valence-electron chi connectivity index (χ1n) is 3.92. The Balaban J connectivity index is 2.54. The SMILES string of the molecule is C1=C\N=C/c2ccccc2\C=C/1. The molecule has 0 N–H and O–H groups in total. The van der Waals surface area contributed by atoms with Gasteiger partial charge in [-0.1, -0.05) is 36.4 Å². The fourth-order valence-electron chi connectivity index (χ4n) is 1.16. The quantitative estimate of drug-likeness (QED) is 0.546. The topological polar surface area (TPSA) is 12.4 Å². The molecular weight excluding hydrogens is 146 g/mol. The van der Waals surface area contributed by atoms with Crippen molar-refractivity contribution in [2.75, 3.05) is 0 Å². The summed E-state index contributed by atoms with van der Waals surface area (Å²) in [6.45, 7) is 0. The largest absolute Gasteiger partial charge is 0.264 e. The van der Waals surface area contributed by atoms with Gasteiger partial charge in [-0.2, -0.15) is 0 Å². The van der Waals surface area contributed by atoms with Gasteiger partial charge in [0.15, 0.2) is 0 Å². The molecule has 2 rings (SSSR count). The number of hydrogen-bond acceptors (Lipinski definition) is 1. The van der Waals surface area contributed by atoms with Crippen LogP contribution >= 0.6 is 0 Å². The van der Waals surface area contributed by atoms with Gasteiger partial charge in [0.05, 0.1) is 0 Å². The normalized spacial score (nSPS) is 21.7. The summed E-state index contributed by atoms with van der Waals surface area (Å²) >= 11 is 0. The molecule has 0 aliphatic carbocycles. The van der Waals surface area contributed by atoms with E-state index < -0.39 is 0 Å². The van der Waals surface area contributed by atoms with E-state index in [4.69, 9.17) is 0 Å². The average Bonchev–Trinajstić information content (AvgIpc) is 2.06. The molecule has 1 aliphatic heterocycles. The number of rotatable bonds is 0. The highest BCUT2D eigenvalue weighted by Gasteiger charge is 1.93. The van der Waals surface area contributed by atoms with Crippen LogP contribution in [0.25, 0.3) is 6.08 Å². The second-order valence-electron chi connectivity index (χ2n) is 2.61. The molecule has 0 aromatic heterocycles. The Hall–Kier alpha value is -1.63. The molecule has 1 heteroatoms. The zero-order chi connectivity index (χ0) is 8.23. The molecule has 0 saturated carbocycles. The lowest BCUT2D eigenvalue weighted by Gasteiger charge is -1.99. The van der Waals surface area contributed by atoms with E-state index in [1.807, 2.05) is 30.5 Å². The fourth-order valence-corrected chi connectivity index (χ4v) is 1.16. The number of fused-ring (bicyclic) bond motifs is 1. The smallest absolute Gasteiger partial charge is 0.0346 e. The lowest BCUT2D eigenvalue weighted by molar-refractivity contribution is 1.53. The second-order valence-corrected chi connectivity index (χ2v) is 2.61. The zero-order valence-electron chi connectivity index (χ0n) is 6.64. The van der Waals surface area contributed by atoms with Crippen LogP contribution in [0.5, 0.6) is 0 Å². The van der Waals surface area contributed by atoms with Gasteiger partial charge in [0, 0.05) is 12.4 Å². The molecule has 1 aliphatic rings. The summed E-state index contributed by atoms with van der Waals surface area (Å²) in [5.74, 6) is 0. The van der Waals surface area contributed by atoms with Crippen LogP contribution in [0.1, 0.15) is 11.1 Å². The summed E-state index contributed by atoms with van der Waals surface area (Å²) in [6, 6.07) is 8.19. The van der Waals surface area contributed by atoms with Gasteiger partial charge in [-0.3, -0.25) is 4.99 Å². The highest BCUT2D eigenvalue weighted by atomic mass is 14.7. The highest BCUT2D eigenvalue weighted by molar-refractivity contribution is 5.86. The third-order valence-corrected chi connectivity index (χ3v) is 1.77. The number of hydrogen-bond donors (Lipinski definition) is 0. The van der Waals surface area contributed by atoms with E-state index in [2.05, 4.69) is 23.2 Å². The Labute approximate surface area is 71.8 Å². The predicted octanol–water partition coefficient (Wildman–Crippen LogP) is 2.65. The Morgan fingerprint density at radius 3 is 2.67 bits per heavy atom. The van der Waals surface area contributed by atoms with E-state index in [0.717, 1.165) is 5.56 Å². The summed E-state index contributed by atoms with van der Waals surface area (Å²) in [5.41, 5.74) is 2.38. The third-order valence-electron chi connectivity index (χ3n) is 1.77. The van der Waals surface area contributed by atoms with Crippen LogP contribution < -0.4 is 0 Å². The van der Waals surface area contributed by atoms with Crippen molar-refractivity contribution in [1.82, 2.24) is 0 Å². The molecule has 1 heterocycles. The third kappa shape index (κ3) is 1.35. The molecule has 1 aromatic rings. The van der Waals surface area contributed by atoms with Gasteiger partial charge in [0.25, 0.3) is 0 Å². The molecule has 0 amide bonds. The van der Waals surface area contributed by atoms with Crippen molar-refractivity contribution < 1.29 is 0 Å². The van der Waals surface area contributed by atoms with Gasteiger partial charge in [0.2, 0.25) is 0 Å². The first-order chi connectivity index (χ1) is 5.97.